The fourth-order valence-corrected chi connectivity index (χ4v) is 3.35. The van der Waals surface area contributed by atoms with E-state index in [0.717, 1.165) is 28.7 Å². The van der Waals surface area contributed by atoms with Crippen molar-refractivity contribution in [2.75, 3.05) is 0 Å². The Bertz CT molecular complexity index is 1030. The first-order chi connectivity index (χ1) is 15.8. The molecule has 2 atom stereocenters. The number of aryl methyl sites for hydroxylation is 1. The maximum atomic E-state index is 14.5. The molecule has 0 amide bonds. The number of aromatic nitrogens is 2. The molecular formula is C27H30F2N2O2. The Hall–Kier alpha value is -3.15. The number of esters is 1. The summed E-state index contributed by atoms with van der Waals surface area (Å²) in [7, 11) is 0. The first-order valence-electron chi connectivity index (χ1n) is 11.4. The van der Waals surface area contributed by atoms with Gasteiger partial charge in [-0.1, -0.05) is 49.7 Å². The number of carbonyl (C=O) groups excluding carboxylic acids is 1. The van der Waals surface area contributed by atoms with Crippen LogP contribution in [0.4, 0.5) is 8.78 Å². The fraction of sp³-hybridized carbons (Fsp3) is 0.370. The third-order valence-electron chi connectivity index (χ3n) is 5.52. The highest BCUT2D eigenvalue weighted by atomic mass is 19.1. The molecule has 0 spiro atoms. The normalized spacial score (nSPS) is 13.8. The molecule has 0 saturated heterocycles. The molecule has 33 heavy (non-hydrogen) atoms. The summed E-state index contributed by atoms with van der Waals surface area (Å²) in [6.45, 7) is 4.78. The van der Waals surface area contributed by atoms with E-state index in [4.69, 9.17) is 4.74 Å². The molecule has 0 fully saturated rings. The van der Waals surface area contributed by atoms with E-state index in [2.05, 4.69) is 9.97 Å². The van der Waals surface area contributed by atoms with Gasteiger partial charge in [0.15, 0.2) is 5.82 Å². The number of nitrogens with zero attached hydrogens (tertiary/aromatic N) is 2. The van der Waals surface area contributed by atoms with Gasteiger partial charge in [-0.15, -0.1) is 0 Å². The van der Waals surface area contributed by atoms with Crippen LogP contribution in [0.25, 0.3) is 22.5 Å². The number of carbonyl (C=O) groups is 1. The average Bonchev–Trinajstić information content (AvgIpc) is 2.82. The molecular weight excluding hydrogens is 422 g/mol. The van der Waals surface area contributed by atoms with Crippen molar-refractivity contribution in [1.29, 1.82) is 0 Å². The summed E-state index contributed by atoms with van der Waals surface area (Å²) in [4.78, 5) is 21.0. The molecule has 1 aromatic heterocycles. The Morgan fingerprint density at radius 2 is 1.61 bits per heavy atom. The van der Waals surface area contributed by atoms with Gasteiger partial charge in [-0.05, 0) is 62.8 Å². The quantitative estimate of drug-likeness (QED) is 0.247. The zero-order valence-corrected chi connectivity index (χ0v) is 19.4. The molecule has 0 aliphatic heterocycles. The van der Waals surface area contributed by atoms with Crippen LogP contribution >= 0.6 is 0 Å². The van der Waals surface area contributed by atoms with Crippen molar-refractivity contribution >= 4 is 5.97 Å². The number of alkyl halides is 2. The Labute approximate surface area is 194 Å². The van der Waals surface area contributed by atoms with E-state index < -0.39 is 17.8 Å². The van der Waals surface area contributed by atoms with E-state index in [-0.39, 0.29) is 6.42 Å². The zero-order chi connectivity index (χ0) is 23.8. The molecule has 2 aromatic carbocycles. The van der Waals surface area contributed by atoms with Gasteiger partial charge >= 0.3 is 5.97 Å². The molecule has 3 aromatic rings. The first-order valence-corrected chi connectivity index (χ1v) is 11.4. The van der Waals surface area contributed by atoms with Crippen molar-refractivity contribution in [2.24, 2.45) is 0 Å². The van der Waals surface area contributed by atoms with Crippen LogP contribution in [0.15, 0.2) is 60.9 Å². The summed E-state index contributed by atoms with van der Waals surface area (Å²) in [5, 5.41) is 0. The van der Waals surface area contributed by atoms with Crippen molar-refractivity contribution in [1.82, 2.24) is 9.97 Å². The van der Waals surface area contributed by atoms with Gasteiger partial charge in [-0.2, -0.15) is 0 Å². The molecule has 0 aliphatic rings. The third-order valence-corrected chi connectivity index (χ3v) is 5.52. The van der Waals surface area contributed by atoms with E-state index in [1.165, 1.54) is 6.92 Å². The van der Waals surface area contributed by atoms with Gasteiger partial charge < -0.3 is 4.74 Å². The van der Waals surface area contributed by atoms with Crippen LogP contribution in [0.3, 0.4) is 0 Å². The maximum Gasteiger partial charge on any atom is 0.348 e. The van der Waals surface area contributed by atoms with Crippen LogP contribution in [0.5, 0.6) is 5.75 Å². The predicted octanol–water partition coefficient (Wildman–Crippen LogP) is 6.93. The third kappa shape index (κ3) is 6.91. The van der Waals surface area contributed by atoms with Gasteiger partial charge in [0.25, 0.3) is 0 Å². The van der Waals surface area contributed by atoms with Crippen LogP contribution in [-0.2, 0) is 11.2 Å². The Morgan fingerprint density at radius 1 is 1.00 bits per heavy atom. The number of ether oxygens (including phenoxy) is 1. The van der Waals surface area contributed by atoms with Crippen molar-refractivity contribution in [3.05, 3.63) is 66.5 Å². The summed E-state index contributed by atoms with van der Waals surface area (Å²) in [6, 6.07) is 14.7. The fourth-order valence-electron chi connectivity index (χ4n) is 3.35. The van der Waals surface area contributed by atoms with Gasteiger partial charge in [-0.25, -0.2) is 23.5 Å². The maximum absolute atomic E-state index is 14.5. The average molecular weight is 453 g/mol. The van der Waals surface area contributed by atoms with E-state index in [1.807, 2.05) is 31.2 Å². The minimum Gasteiger partial charge on any atom is -0.424 e. The van der Waals surface area contributed by atoms with Crippen molar-refractivity contribution in [2.45, 2.75) is 64.7 Å². The van der Waals surface area contributed by atoms with E-state index in [9.17, 15) is 13.6 Å². The minimum atomic E-state index is -2.00. The van der Waals surface area contributed by atoms with Crippen LogP contribution < -0.4 is 4.74 Å². The van der Waals surface area contributed by atoms with Gasteiger partial charge in [-0.3, -0.25) is 0 Å². The number of benzene rings is 2. The summed E-state index contributed by atoms with van der Waals surface area (Å²) in [5.74, 6) is 0.0227. The van der Waals surface area contributed by atoms with Crippen molar-refractivity contribution in [3.8, 4) is 28.3 Å². The molecule has 0 N–H and O–H groups in total. The van der Waals surface area contributed by atoms with Crippen LogP contribution in [0.1, 0.15) is 52.0 Å². The number of unbranched alkanes of at least 4 members (excludes halogenated alkanes) is 1. The van der Waals surface area contributed by atoms with Gasteiger partial charge in [0.2, 0.25) is 5.67 Å². The molecule has 0 radical (unpaired) electrons. The lowest BCUT2D eigenvalue weighted by atomic mass is 10.0. The van der Waals surface area contributed by atoms with E-state index in [0.29, 0.717) is 30.8 Å². The molecule has 0 bridgehead atoms. The molecule has 6 heteroatoms. The summed E-state index contributed by atoms with van der Waals surface area (Å²) < 4.78 is 32.7. The Morgan fingerprint density at radius 3 is 2.18 bits per heavy atom. The molecule has 3 rings (SSSR count). The Kier molecular flexibility index (Phi) is 8.26. The molecule has 4 nitrogen and oxygen atoms in total. The lowest BCUT2D eigenvalue weighted by molar-refractivity contribution is -0.147. The summed E-state index contributed by atoms with van der Waals surface area (Å²) in [5.41, 5.74) is 1.63. The van der Waals surface area contributed by atoms with Crippen LogP contribution in [0.2, 0.25) is 0 Å². The molecule has 0 saturated carbocycles. The monoisotopic (exact) mass is 452 g/mol. The van der Waals surface area contributed by atoms with Crippen LogP contribution in [0, 0.1) is 0 Å². The summed E-state index contributed by atoms with van der Waals surface area (Å²) in [6.07, 6.45) is 5.44. The number of hydrogen-bond donors (Lipinski definition) is 0. The smallest absolute Gasteiger partial charge is 0.348 e. The topological polar surface area (TPSA) is 52.1 Å². The van der Waals surface area contributed by atoms with Gasteiger partial charge in [0.05, 0.1) is 6.17 Å². The van der Waals surface area contributed by atoms with Gasteiger partial charge in [0.1, 0.15) is 5.75 Å². The predicted molar refractivity (Wildman–Crippen MR) is 126 cm³/mol. The summed E-state index contributed by atoms with van der Waals surface area (Å²) >= 11 is 0. The minimum absolute atomic E-state index is 0.143. The second kappa shape index (κ2) is 11.1. The largest absolute Gasteiger partial charge is 0.424 e. The molecule has 0 unspecified atom stereocenters. The molecule has 0 aliphatic carbocycles. The van der Waals surface area contributed by atoms with Gasteiger partial charge in [0, 0.05) is 23.5 Å². The molecule has 1 heterocycles. The second-order valence-corrected chi connectivity index (χ2v) is 8.53. The van der Waals surface area contributed by atoms with Crippen LogP contribution in [-0.4, -0.2) is 27.8 Å². The van der Waals surface area contributed by atoms with E-state index in [1.54, 1.807) is 43.6 Å². The lowest BCUT2D eigenvalue weighted by Crippen LogP contribution is -2.34. The lowest BCUT2D eigenvalue weighted by Gasteiger charge is -2.18. The van der Waals surface area contributed by atoms with E-state index >= 15 is 0 Å². The number of hydrogen-bond acceptors (Lipinski definition) is 4. The Balaban J connectivity index is 1.63. The highest BCUT2D eigenvalue weighted by Gasteiger charge is 2.34. The van der Waals surface area contributed by atoms with Crippen molar-refractivity contribution < 1.29 is 18.3 Å². The highest BCUT2D eigenvalue weighted by molar-refractivity contribution is 5.81. The van der Waals surface area contributed by atoms with Crippen molar-refractivity contribution in [3.63, 3.8) is 0 Å². The zero-order valence-electron chi connectivity index (χ0n) is 19.4. The second-order valence-electron chi connectivity index (χ2n) is 8.53. The highest BCUT2D eigenvalue weighted by Crippen LogP contribution is 2.26. The molecule has 174 valence electrons. The SMILES string of the molecule is CCCC[C@](C)(F)C(=O)Oc1ccc(-c2cnc(-c3ccc(CC[C@H](C)F)cc3)nc2)cc1. The standard InChI is InChI=1S/C27H30F2N2O2/c1-4-5-16-27(3,29)26(32)33-24-14-12-21(13-15-24)23-17-30-25(31-18-23)22-10-8-20(9-11-22)7-6-19(2)28/h8-15,17-19H,4-7,16H2,1-3H3/t19-,27-/m0/s1. The number of halogens is 2. The number of rotatable bonds is 10. The first kappa shape index (κ1) is 24.5.